The zero-order valence-electron chi connectivity index (χ0n) is 9.71. The van der Waals surface area contributed by atoms with Crippen LogP contribution in [0, 0.1) is 22.7 Å². The van der Waals surface area contributed by atoms with Crippen LogP contribution in [0.4, 0.5) is 0 Å². The monoisotopic (exact) mass is 194 g/mol. The molecule has 14 heavy (non-hydrogen) atoms. The van der Waals surface area contributed by atoms with Gasteiger partial charge in [0.1, 0.15) is 0 Å². The van der Waals surface area contributed by atoms with E-state index in [2.05, 4.69) is 31.7 Å². The van der Waals surface area contributed by atoms with E-state index < -0.39 is 0 Å². The van der Waals surface area contributed by atoms with Gasteiger partial charge in [0.05, 0.1) is 11.5 Å². The second-order valence-electron chi connectivity index (χ2n) is 4.99. The van der Waals surface area contributed by atoms with Gasteiger partial charge in [-0.15, -0.1) is 0 Å². The molecule has 1 aliphatic rings. The summed E-state index contributed by atoms with van der Waals surface area (Å²) in [6.45, 7) is 10.1. The first-order valence-electron chi connectivity index (χ1n) is 5.73. The van der Waals surface area contributed by atoms with Gasteiger partial charge in [-0.1, -0.05) is 20.3 Å². The molecule has 0 aromatic carbocycles. The van der Waals surface area contributed by atoms with E-state index in [1.165, 1.54) is 13.0 Å². The molecule has 0 bridgehead atoms. The zero-order valence-corrected chi connectivity index (χ0v) is 9.71. The SMILES string of the molecule is CCC(C)CN1CCC(C)(C#N)CC1. The predicted octanol–water partition coefficient (Wildman–Crippen LogP) is 2.66. The van der Waals surface area contributed by atoms with Crippen molar-refractivity contribution in [1.82, 2.24) is 4.90 Å². The first kappa shape index (κ1) is 11.5. The largest absolute Gasteiger partial charge is 0.303 e. The molecule has 0 amide bonds. The van der Waals surface area contributed by atoms with Gasteiger partial charge >= 0.3 is 0 Å². The van der Waals surface area contributed by atoms with E-state index in [9.17, 15) is 0 Å². The highest BCUT2D eigenvalue weighted by Crippen LogP contribution is 2.29. The number of nitrogens with zero attached hydrogens (tertiary/aromatic N) is 2. The molecule has 1 heterocycles. The lowest BCUT2D eigenvalue weighted by atomic mass is 9.82. The molecule has 0 radical (unpaired) electrons. The fraction of sp³-hybridized carbons (Fsp3) is 0.917. The van der Waals surface area contributed by atoms with Gasteiger partial charge in [-0.25, -0.2) is 0 Å². The van der Waals surface area contributed by atoms with E-state index in [-0.39, 0.29) is 5.41 Å². The number of piperidine rings is 1. The van der Waals surface area contributed by atoms with E-state index in [4.69, 9.17) is 5.26 Å². The van der Waals surface area contributed by atoms with Crippen molar-refractivity contribution in [2.45, 2.75) is 40.0 Å². The Morgan fingerprint density at radius 2 is 2.00 bits per heavy atom. The van der Waals surface area contributed by atoms with Crippen LogP contribution in [-0.2, 0) is 0 Å². The highest BCUT2D eigenvalue weighted by molar-refractivity contribution is 4.98. The molecule has 0 aromatic heterocycles. The summed E-state index contributed by atoms with van der Waals surface area (Å²) < 4.78 is 0. The molecule has 0 aliphatic carbocycles. The Morgan fingerprint density at radius 1 is 1.43 bits per heavy atom. The minimum atomic E-state index is -0.0497. The smallest absolute Gasteiger partial charge is 0.0687 e. The van der Waals surface area contributed by atoms with Gasteiger partial charge in [0, 0.05) is 6.54 Å². The Morgan fingerprint density at radius 3 is 2.43 bits per heavy atom. The molecule has 2 nitrogen and oxygen atoms in total. The Kier molecular flexibility index (Phi) is 3.95. The molecular weight excluding hydrogens is 172 g/mol. The van der Waals surface area contributed by atoms with E-state index >= 15 is 0 Å². The van der Waals surface area contributed by atoms with Crippen LogP contribution in [0.5, 0.6) is 0 Å². The van der Waals surface area contributed by atoms with Crippen LogP contribution in [0.15, 0.2) is 0 Å². The average Bonchev–Trinajstić information content (AvgIpc) is 2.21. The molecule has 1 saturated heterocycles. The van der Waals surface area contributed by atoms with Crippen LogP contribution < -0.4 is 0 Å². The summed E-state index contributed by atoms with van der Waals surface area (Å²) in [6, 6.07) is 2.44. The molecule has 0 aromatic rings. The number of rotatable bonds is 3. The van der Waals surface area contributed by atoms with Crippen molar-refractivity contribution >= 4 is 0 Å². The third-order valence-electron chi connectivity index (χ3n) is 3.50. The first-order valence-corrected chi connectivity index (χ1v) is 5.73. The summed E-state index contributed by atoms with van der Waals surface area (Å²) in [5.74, 6) is 0.793. The van der Waals surface area contributed by atoms with Crippen LogP contribution in [0.1, 0.15) is 40.0 Å². The van der Waals surface area contributed by atoms with Gasteiger partial charge in [-0.3, -0.25) is 0 Å². The normalized spacial score (nSPS) is 24.1. The number of nitriles is 1. The average molecular weight is 194 g/mol. The summed E-state index contributed by atoms with van der Waals surface area (Å²) >= 11 is 0. The van der Waals surface area contributed by atoms with E-state index in [1.54, 1.807) is 0 Å². The molecule has 1 aliphatic heterocycles. The molecular formula is C12H22N2. The van der Waals surface area contributed by atoms with Gasteiger partial charge in [0.25, 0.3) is 0 Å². The van der Waals surface area contributed by atoms with Gasteiger partial charge in [0.15, 0.2) is 0 Å². The molecule has 2 heteroatoms. The minimum absolute atomic E-state index is 0.0497. The maximum absolute atomic E-state index is 9.00. The van der Waals surface area contributed by atoms with E-state index in [0.29, 0.717) is 0 Å². The summed E-state index contributed by atoms with van der Waals surface area (Å²) in [6.07, 6.45) is 3.34. The third kappa shape index (κ3) is 2.99. The standard InChI is InChI=1S/C12H22N2/c1-4-11(2)9-14-7-5-12(3,10-13)6-8-14/h11H,4-9H2,1-3H3. The molecule has 1 rings (SSSR count). The number of hydrogen-bond donors (Lipinski definition) is 0. The Hall–Kier alpha value is -0.550. The predicted molar refractivity (Wildman–Crippen MR) is 58.8 cm³/mol. The molecule has 0 saturated carbocycles. The van der Waals surface area contributed by atoms with Crippen molar-refractivity contribution < 1.29 is 0 Å². The lowest BCUT2D eigenvalue weighted by Crippen LogP contribution is -2.40. The molecule has 1 fully saturated rings. The maximum atomic E-state index is 9.00. The van der Waals surface area contributed by atoms with Crippen LogP contribution >= 0.6 is 0 Å². The molecule has 0 spiro atoms. The van der Waals surface area contributed by atoms with Crippen LogP contribution in [0.25, 0.3) is 0 Å². The van der Waals surface area contributed by atoms with Gasteiger partial charge in [-0.05, 0) is 38.8 Å². The molecule has 80 valence electrons. The summed E-state index contributed by atoms with van der Waals surface area (Å²) in [5, 5.41) is 9.00. The van der Waals surface area contributed by atoms with Crippen molar-refractivity contribution in [1.29, 1.82) is 5.26 Å². The highest BCUT2D eigenvalue weighted by atomic mass is 15.1. The summed E-state index contributed by atoms with van der Waals surface area (Å²) in [4.78, 5) is 2.51. The Balaban J connectivity index is 2.33. The van der Waals surface area contributed by atoms with E-state index in [1.807, 2.05) is 0 Å². The van der Waals surface area contributed by atoms with Crippen molar-refractivity contribution in [3.63, 3.8) is 0 Å². The minimum Gasteiger partial charge on any atom is -0.303 e. The second kappa shape index (κ2) is 4.79. The van der Waals surface area contributed by atoms with E-state index in [0.717, 1.165) is 31.8 Å². The van der Waals surface area contributed by atoms with Gasteiger partial charge < -0.3 is 4.90 Å². The van der Waals surface area contributed by atoms with Crippen LogP contribution in [0.2, 0.25) is 0 Å². The van der Waals surface area contributed by atoms with Crippen molar-refractivity contribution in [2.24, 2.45) is 11.3 Å². The lowest BCUT2D eigenvalue weighted by molar-refractivity contribution is 0.139. The fourth-order valence-electron chi connectivity index (χ4n) is 1.91. The maximum Gasteiger partial charge on any atom is 0.0687 e. The van der Waals surface area contributed by atoms with Gasteiger partial charge in [0.2, 0.25) is 0 Å². The van der Waals surface area contributed by atoms with Crippen molar-refractivity contribution in [2.75, 3.05) is 19.6 Å². The molecule has 0 N–H and O–H groups in total. The summed E-state index contributed by atoms with van der Waals surface area (Å²) in [7, 11) is 0. The zero-order chi connectivity index (χ0) is 10.6. The van der Waals surface area contributed by atoms with Crippen LogP contribution in [0.3, 0.4) is 0 Å². The molecule has 1 atom stereocenters. The third-order valence-corrected chi connectivity index (χ3v) is 3.50. The Bertz CT molecular complexity index is 209. The molecule has 1 unspecified atom stereocenters. The highest BCUT2D eigenvalue weighted by Gasteiger charge is 2.29. The second-order valence-corrected chi connectivity index (χ2v) is 4.99. The van der Waals surface area contributed by atoms with Crippen molar-refractivity contribution in [3.05, 3.63) is 0 Å². The number of likely N-dealkylation sites (tertiary alicyclic amines) is 1. The topological polar surface area (TPSA) is 27.0 Å². The van der Waals surface area contributed by atoms with Crippen LogP contribution in [-0.4, -0.2) is 24.5 Å². The number of hydrogen-bond acceptors (Lipinski definition) is 2. The summed E-state index contributed by atoms with van der Waals surface area (Å²) in [5.41, 5.74) is -0.0497. The lowest BCUT2D eigenvalue weighted by Gasteiger charge is -2.36. The quantitative estimate of drug-likeness (QED) is 0.690. The fourth-order valence-corrected chi connectivity index (χ4v) is 1.91. The first-order chi connectivity index (χ1) is 6.59. The Labute approximate surface area is 87.9 Å². The van der Waals surface area contributed by atoms with Gasteiger partial charge in [-0.2, -0.15) is 5.26 Å². The van der Waals surface area contributed by atoms with Crippen molar-refractivity contribution in [3.8, 4) is 6.07 Å².